The van der Waals surface area contributed by atoms with Crippen LogP contribution < -0.4 is 15.2 Å². The first-order chi connectivity index (χ1) is 11.3. The van der Waals surface area contributed by atoms with Crippen molar-refractivity contribution in [3.63, 3.8) is 0 Å². The van der Waals surface area contributed by atoms with Crippen LogP contribution in [0.5, 0.6) is 0 Å². The Morgan fingerprint density at radius 1 is 1.00 bits per heavy atom. The van der Waals surface area contributed by atoms with Crippen LogP contribution in [0.1, 0.15) is 32.1 Å². The maximum atomic E-state index is 12.5. The predicted molar refractivity (Wildman–Crippen MR) is 99.7 cm³/mol. The van der Waals surface area contributed by atoms with Gasteiger partial charge in [-0.05, 0) is 50.1 Å². The van der Waals surface area contributed by atoms with E-state index in [1.807, 2.05) is 0 Å². The highest BCUT2D eigenvalue weighted by Gasteiger charge is 2.27. The van der Waals surface area contributed by atoms with Gasteiger partial charge in [0.1, 0.15) is 0 Å². The first kappa shape index (κ1) is 22.3. The largest absolute Gasteiger partial charge is 0.329 e. The molecule has 0 bridgehead atoms. The van der Waals surface area contributed by atoms with E-state index in [4.69, 9.17) is 5.73 Å². The Hall–Kier alpha value is -0.710. The van der Waals surface area contributed by atoms with Crippen LogP contribution in [0.3, 0.4) is 0 Å². The summed E-state index contributed by atoms with van der Waals surface area (Å²) in [5.74, 6) is 0.252. The van der Waals surface area contributed by atoms with Gasteiger partial charge in [0.15, 0.2) is 0 Å². The lowest BCUT2D eigenvalue weighted by molar-refractivity contribution is 0.294. The number of benzene rings is 1. The molecule has 0 saturated heterocycles. The fraction of sp³-hybridized carbons (Fsp3) is 0.600. The maximum absolute atomic E-state index is 12.5. The lowest BCUT2D eigenvalue weighted by atomic mass is 9.84. The molecule has 1 atom stereocenters. The van der Waals surface area contributed by atoms with Crippen molar-refractivity contribution in [2.75, 3.05) is 13.6 Å². The molecular formula is C15H26ClN3O4S2. The number of hydrogen-bond donors (Lipinski definition) is 3. The number of rotatable bonds is 7. The third-order valence-electron chi connectivity index (χ3n) is 4.49. The van der Waals surface area contributed by atoms with E-state index in [1.165, 1.54) is 37.7 Å². The second-order valence-corrected chi connectivity index (χ2v) is 9.64. The first-order valence-corrected chi connectivity index (χ1v) is 11.0. The molecule has 1 aromatic rings. The Bertz CT molecular complexity index is 745. The van der Waals surface area contributed by atoms with Crippen molar-refractivity contribution in [2.45, 2.75) is 47.9 Å². The summed E-state index contributed by atoms with van der Waals surface area (Å²) in [6.45, 7) is 0.246. The molecule has 0 aromatic heterocycles. The predicted octanol–water partition coefficient (Wildman–Crippen LogP) is 1.20. The molecular weight excluding hydrogens is 386 g/mol. The van der Waals surface area contributed by atoms with Gasteiger partial charge in [-0.3, -0.25) is 0 Å². The summed E-state index contributed by atoms with van der Waals surface area (Å²) in [5.41, 5.74) is 5.77. The third kappa shape index (κ3) is 5.63. The van der Waals surface area contributed by atoms with Gasteiger partial charge in [0.25, 0.3) is 0 Å². The zero-order valence-electron chi connectivity index (χ0n) is 14.1. The summed E-state index contributed by atoms with van der Waals surface area (Å²) < 4.78 is 53.4. The van der Waals surface area contributed by atoms with Gasteiger partial charge in [-0.2, -0.15) is 0 Å². The molecule has 1 aliphatic carbocycles. The highest BCUT2D eigenvalue weighted by molar-refractivity contribution is 7.90. The van der Waals surface area contributed by atoms with Crippen LogP contribution in [0.4, 0.5) is 0 Å². The van der Waals surface area contributed by atoms with Gasteiger partial charge in [-0.15, -0.1) is 12.4 Å². The fourth-order valence-corrected chi connectivity index (χ4v) is 5.10. The van der Waals surface area contributed by atoms with Gasteiger partial charge < -0.3 is 5.73 Å². The molecule has 1 aromatic carbocycles. The summed E-state index contributed by atoms with van der Waals surface area (Å²) >= 11 is 0. The van der Waals surface area contributed by atoms with E-state index >= 15 is 0 Å². The summed E-state index contributed by atoms with van der Waals surface area (Å²) in [6, 6.07) is 4.84. The Balaban J connectivity index is 0.00000312. The molecule has 144 valence electrons. The normalized spacial score (nSPS) is 17.7. The van der Waals surface area contributed by atoms with E-state index in [9.17, 15) is 16.8 Å². The third-order valence-corrected chi connectivity index (χ3v) is 7.43. The fourth-order valence-electron chi connectivity index (χ4n) is 3.06. The smallest absolute Gasteiger partial charge is 0.240 e. The lowest BCUT2D eigenvalue weighted by Gasteiger charge is -2.29. The number of sulfonamides is 2. The molecule has 1 unspecified atom stereocenters. The standard InChI is InChI=1S/C15H25N3O4S2.ClH/c1-17-23(19,20)13-7-9-14(10-8-13)24(21,22)18-15(11-16)12-5-3-2-4-6-12;/h7-10,12,15,17-18H,2-6,11,16H2,1H3;1H. The molecule has 0 amide bonds. The lowest BCUT2D eigenvalue weighted by Crippen LogP contribution is -2.45. The molecule has 7 nitrogen and oxygen atoms in total. The Morgan fingerprint density at radius 2 is 1.48 bits per heavy atom. The Labute approximate surface area is 156 Å². The minimum Gasteiger partial charge on any atom is -0.329 e. The molecule has 1 saturated carbocycles. The average Bonchev–Trinajstić information content (AvgIpc) is 2.60. The van der Waals surface area contributed by atoms with E-state index in [2.05, 4.69) is 9.44 Å². The molecule has 25 heavy (non-hydrogen) atoms. The second-order valence-electron chi connectivity index (χ2n) is 6.04. The zero-order valence-corrected chi connectivity index (χ0v) is 16.6. The molecule has 10 heteroatoms. The van der Waals surface area contributed by atoms with E-state index in [1.54, 1.807) is 0 Å². The van der Waals surface area contributed by atoms with Gasteiger partial charge in [0.2, 0.25) is 20.0 Å². The number of halogens is 1. The summed E-state index contributed by atoms with van der Waals surface area (Å²) in [6.07, 6.45) is 5.33. The molecule has 0 heterocycles. The quantitative estimate of drug-likeness (QED) is 0.623. The number of nitrogens with two attached hydrogens (primary N) is 1. The van der Waals surface area contributed by atoms with Gasteiger partial charge in [0, 0.05) is 12.6 Å². The molecule has 4 N–H and O–H groups in total. The minimum atomic E-state index is -3.74. The average molecular weight is 412 g/mol. The number of hydrogen-bond acceptors (Lipinski definition) is 5. The highest BCUT2D eigenvalue weighted by atomic mass is 35.5. The SMILES string of the molecule is CNS(=O)(=O)c1ccc(S(=O)(=O)NC(CN)C2CCCCC2)cc1.Cl. The van der Waals surface area contributed by atoms with Gasteiger partial charge in [-0.25, -0.2) is 26.3 Å². The van der Waals surface area contributed by atoms with Crippen LogP contribution in [0.25, 0.3) is 0 Å². The molecule has 1 fully saturated rings. The maximum Gasteiger partial charge on any atom is 0.240 e. The van der Waals surface area contributed by atoms with Crippen molar-refractivity contribution < 1.29 is 16.8 Å². The van der Waals surface area contributed by atoms with Crippen LogP contribution in [-0.4, -0.2) is 36.5 Å². The molecule has 0 spiro atoms. The first-order valence-electron chi connectivity index (χ1n) is 8.06. The van der Waals surface area contributed by atoms with Crippen LogP contribution >= 0.6 is 12.4 Å². The van der Waals surface area contributed by atoms with Crippen molar-refractivity contribution in [3.05, 3.63) is 24.3 Å². The topological polar surface area (TPSA) is 118 Å². The Kier molecular flexibility index (Phi) is 8.30. The number of nitrogens with one attached hydrogen (secondary N) is 2. The van der Waals surface area contributed by atoms with Crippen LogP contribution in [0.15, 0.2) is 34.1 Å². The highest BCUT2D eigenvalue weighted by Crippen LogP contribution is 2.27. The summed E-state index contributed by atoms with van der Waals surface area (Å²) in [4.78, 5) is 0.0541. The minimum absolute atomic E-state index is 0. The van der Waals surface area contributed by atoms with Crippen molar-refractivity contribution in [3.8, 4) is 0 Å². The molecule has 1 aliphatic rings. The zero-order chi connectivity index (χ0) is 17.8. The second kappa shape index (κ2) is 9.29. The van der Waals surface area contributed by atoms with Gasteiger partial charge in [0.05, 0.1) is 9.79 Å². The molecule has 0 radical (unpaired) electrons. The van der Waals surface area contributed by atoms with E-state index < -0.39 is 20.0 Å². The van der Waals surface area contributed by atoms with Crippen molar-refractivity contribution in [1.29, 1.82) is 0 Å². The Morgan fingerprint density at radius 3 is 1.92 bits per heavy atom. The molecule has 2 rings (SSSR count). The van der Waals surface area contributed by atoms with Crippen molar-refractivity contribution in [2.24, 2.45) is 11.7 Å². The summed E-state index contributed by atoms with van der Waals surface area (Å²) in [7, 11) is -6.02. The molecule has 0 aliphatic heterocycles. The van der Waals surface area contributed by atoms with Crippen LogP contribution in [0, 0.1) is 5.92 Å². The van der Waals surface area contributed by atoms with Gasteiger partial charge in [-0.1, -0.05) is 19.3 Å². The van der Waals surface area contributed by atoms with Crippen LogP contribution in [0.2, 0.25) is 0 Å². The van der Waals surface area contributed by atoms with E-state index in [0.717, 1.165) is 25.7 Å². The van der Waals surface area contributed by atoms with E-state index in [0.29, 0.717) is 0 Å². The summed E-state index contributed by atoms with van der Waals surface area (Å²) in [5, 5.41) is 0. The van der Waals surface area contributed by atoms with Crippen LogP contribution in [-0.2, 0) is 20.0 Å². The monoisotopic (exact) mass is 411 g/mol. The van der Waals surface area contributed by atoms with Crippen molar-refractivity contribution >= 4 is 32.5 Å². The van der Waals surface area contributed by atoms with Gasteiger partial charge >= 0.3 is 0 Å². The van der Waals surface area contributed by atoms with Crippen molar-refractivity contribution in [1.82, 2.24) is 9.44 Å². The van der Waals surface area contributed by atoms with E-state index in [-0.39, 0.29) is 40.7 Å².